The minimum atomic E-state index is -0.458. The fourth-order valence-electron chi connectivity index (χ4n) is 3.19. The molecule has 1 heterocycles. The summed E-state index contributed by atoms with van der Waals surface area (Å²) in [5.74, 6) is -0.950. The van der Waals surface area contributed by atoms with E-state index in [-0.39, 0.29) is 17.0 Å². The van der Waals surface area contributed by atoms with Crippen LogP contribution >= 0.6 is 11.3 Å². The summed E-state index contributed by atoms with van der Waals surface area (Å²) in [5, 5.41) is 6.44. The second-order valence-corrected chi connectivity index (χ2v) is 7.86. The molecule has 0 atom stereocenters. The summed E-state index contributed by atoms with van der Waals surface area (Å²) >= 11 is 1.24. The van der Waals surface area contributed by atoms with Gasteiger partial charge in [0.05, 0.1) is 9.88 Å². The number of benzene rings is 1. The van der Waals surface area contributed by atoms with Gasteiger partial charge in [-0.3, -0.25) is 9.59 Å². The summed E-state index contributed by atoms with van der Waals surface area (Å²) in [6.07, 6.45) is 4.25. The largest absolute Gasteiger partial charge is 0.346 e. The molecule has 0 bridgehead atoms. The van der Waals surface area contributed by atoms with Gasteiger partial charge in [0.15, 0.2) is 0 Å². The molecule has 2 N–H and O–H groups in total. The Kier molecular flexibility index (Phi) is 4.90. The van der Waals surface area contributed by atoms with Gasteiger partial charge in [-0.2, -0.15) is 0 Å². The van der Waals surface area contributed by atoms with Crippen LogP contribution in [0.25, 0.3) is 0 Å². The number of carbonyl (C=O) groups excluding carboxylic acids is 2. The molecular formula is C19H21FN2O2S. The Bertz CT molecular complexity index is 810. The lowest BCUT2D eigenvalue weighted by molar-refractivity contribution is 0.0911. The van der Waals surface area contributed by atoms with Crippen LogP contribution in [-0.4, -0.2) is 17.4 Å². The van der Waals surface area contributed by atoms with Crippen LogP contribution in [0.15, 0.2) is 30.3 Å². The number of hydrogen-bond acceptors (Lipinski definition) is 3. The normalized spacial score (nSPS) is 15.8. The number of nitrogens with one attached hydrogen (secondary N) is 2. The first-order valence-corrected chi connectivity index (χ1v) is 9.18. The van der Waals surface area contributed by atoms with Crippen molar-refractivity contribution >= 4 is 28.2 Å². The number of rotatable bonds is 4. The van der Waals surface area contributed by atoms with Crippen molar-refractivity contribution in [2.75, 3.05) is 5.32 Å². The number of thiophene rings is 1. The van der Waals surface area contributed by atoms with Gasteiger partial charge in [0.1, 0.15) is 5.82 Å². The SMILES string of the molecule is Cc1cc(NC(=O)c2cccc(F)c2)sc1C(=O)NC1(C)CCCC1. The van der Waals surface area contributed by atoms with Crippen LogP contribution in [0.4, 0.5) is 9.39 Å². The van der Waals surface area contributed by atoms with Gasteiger partial charge in [0.25, 0.3) is 11.8 Å². The summed E-state index contributed by atoms with van der Waals surface area (Å²) in [4.78, 5) is 25.4. The van der Waals surface area contributed by atoms with E-state index >= 15 is 0 Å². The topological polar surface area (TPSA) is 58.2 Å². The zero-order valence-corrected chi connectivity index (χ0v) is 15.1. The minimum Gasteiger partial charge on any atom is -0.346 e. The van der Waals surface area contributed by atoms with Crippen LogP contribution < -0.4 is 10.6 Å². The predicted molar refractivity (Wildman–Crippen MR) is 97.7 cm³/mol. The summed E-state index contributed by atoms with van der Waals surface area (Å²) in [6.45, 7) is 3.92. The molecule has 4 nitrogen and oxygen atoms in total. The van der Waals surface area contributed by atoms with Crippen LogP contribution in [0.5, 0.6) is 0 Å². The molecule has 132 valence electrons. The van der Waals surface area contributed by atoms with Gasteiger partial charge in [-0.25, -0.2) is 4.39 Å². The van der Waals surface area contributed by atoms with E-state index in [2.05, 4.69) is 17.6 Å². The van der Waals surface area contributed by atoms with Gasteiger partial charge in [0.2, 0.25) is 0 Å². The Labute approximate surface area is 150 Å². The zero-order valence-electron chi connectivity index (χ0n) is 14.3. The van der Waals surface area contributed by atoms with Gasteiger partial charge < -0.3 is 10.6 Å². The number of halogens is 1. The van der Waals surface area contributed by atoms with Gasteiger partial charge in [-0.15, -0.1) is 11.3 Å². The van der Waals surface area contributed by atoms with Crippen molar-refractivity contribution in [1.82, 2.24) is 5.32 Å². The monoisotopic (exact) mass is 360 g/mol. The highest BCUT2D eigenvalue weighted by Crippen LogP contribution is 2.31. The molecule has 1 saturated carbocycles. The lowest BCUT2D eigenvalue weighted by Crippen LogP contribution is -2.43. The molecule has 1 fully saturated rings. The van der Waals surface area contributed by atoms with Gasteiger partial charge in [-0.1, -0.05) is 18.9 Å². The third-order valence-corrected chi connectivity index (χ3v) is 5.72. The number of hydrogen-bond donors (Lipinski definition) is 2. The van der Waals surface area contributed by atoms with Gasteiger partial charge >= 0.3 is 0 Å². The van der Waals surface area contributed by atoms with Crippen LogP contribution in [0.2, 0.25) is 0 Å². The van der Waals surface area contributed by atoms with Crippen molar-refractivity contribution in [3.63, 3.8) is 0 Å². The Morgan fingerprint density at radius 1 is 1.16 bits per heavy atom. The zero-order chi connectivity index (χ0) is 18.0. The number of carbonyl (C=O) groups is 2. The molecule has 0 aliphatic heterocycles. The molecule has 1 aromatic carbocycles. The third kappa shape index (κ3) is 4.07. The summed E-state index contributed by atoms with van der Waals surface area (Å²) in [7, 11) is 0. The van der Waals surface area contributed by atoms with Crippen molar-refractivity contribution in [2.24, 2.45) is 0 Å². The van der Waals surface area contributed by atoms with Crippen molar-refractivity contribution in [3.05, 3.63) is 52.2 Å². The second-order valence-electron chi connectivity index (χ2n) is 6.81. The maximum Gasteiger partial charge on any atom is 0.262 e. The lowest BCUT2D eigenvalue weighted by atomic mass is 10.0. The quantitative estimate of drug-likeness (QED) is 0.843. The smallest absolute Gasteiger partial charge is 0.262 e. The first-order chi connectivity index (χ1) is 11.9. The fourth-order valence-corrected chi connectivity index (χ4v) is 4.16. The highest BCUT2D eigenvalue weighted by atomic mass is 32.1. The average molecular weight is 360 g/mol. The second kappa shape index (κ2) is 6.96. The van der Waals surface area contributed by atoms with Crippen LogP contribution in [0.1, 0.15) is 58.2 Å². The van der Waals surface area contributed by atoms with E-state index in [4.69, 9.17) is 0 Å². The van der Waals surface area contributed by atoms with Gasteiger partial charge in [0, 0.05) is 11.1 Å². The van der Waals surface area contributed by atoms with Crippen molar-refractivity contribution in [2.45, 2.75) is 45.1 Å². The minimum absolute atomic E-state index is 0.0989. The molecule has 0 radical (unpaired) electrons. The molecule has 3 rings (SSSR count). The molecule has 25 heavy (non-hydrogen) atoms. The highest BCUT2D eigenvalue weighted by Gasteiger charge is 2.31. The fraction of sp³-hybridized carbons (Fsp3) is 0.368. The molecule has 1 aromatic heterocycles. The van der Waals surface area contributed by atoms with Crippen molar-refractivity contribution in [3.8, 4) is 0 Å². The summed E-state index contributed by atoms with van der Waals surface area (Å²) < 4.78 is 13.2. The van der Waals surface area contributed by atoms with Crippen LogP contribution in [0.3, 0.4) is 0 Å². The summed E-state index contributed by atoms with van der Waals surface area (Å²) in [6, 6.07) is 7.29. The molecule has 1 aliphatic rings. The first kappa shape index (κ1) is 17.6. The van der Waals surface area contributed by atoms with Crippen molar-refractivity contribution in [1.29, 1.82) is 0 Å². The lowest BCUT2D eigenvalue weighted by Gasteiger charge is -2.25. The Hall–Kier alpha value is -2.21. The maximum atomic E-state index is 13.2. The van der Waals surface area contributed by atoms with E-state index in [1.807, 2.05) is 6.92 Å². The van der Waals surface area contributed by atoms with Crippen LogP contribution in [-0.2, 0) is 0 Å². The summed E-state index contributed by atoms with van der Waals surface area (Å²) in [5.41, 5.74) is 0.924. The van der Waals surface area contributed by atoms with E-state index in [0.29, 0.717) is 9.88 Å². The number of amides is 2. The standard InChI is InChI=1S/C19H21FN2O2S/c1-12-10-15(21-17(23)13-6-5-7-14(20)11-13)25-16(12)18(24)22-19(2)8-3-4-9-19/h5-7,10-11H,3-4,8-9H2,1-2H3,(H,21,23)(H,22,24). The van der Waals surface area contributed by atoms with E-state index in [1.54, 1.807) is 12.1 Å². The van der Waals surface area contributed by atoms with E-state index in [1.165, 1.54) is 29.5 Å². The molecule has 2 amide bonds. The number of anilines is 1. The molecule has 2 aromatic rings. The van der Waals surface area contributed by atoms with Crippen LogP contribution in [0, 0.1) is 12.7 Å². The van der Waals surface area contributed by atoms with Gasteiger partial charge in [-0.05, 0) is 56.5 Å². The average Bonchev–Trinajstić information content (AvgIpc) is 3.13. The molecule has 6 heteroatoms. The molecule has 1 aliphatic carbocycles. The molecule has 0 unspecified atom stereocenters. The highest BCUT2D eigenvalue weighted by molar-refractivity contribution is 7.18. The van der Waals surface area contributed by atoms with E-state index < -0.39 is 11.7 Å². The Balaban J connectivity index is 1.71. The molecular weight excluding hydrogens is 339 g/mol. The molecule has 0 spiro atoms. The Morgan fingerprint density at radius 2 is 1.88 bits per heavy atom. The van der Waals surface area contributed by atoms with E-state index in [0.717, 1.165) is 31.2 Å². The number of aryl methyl sites for hydroxylation is 1. The Morgan fingerprint density at radius 3 is 2.56 bits per heavy atom. The first-order valence-electron chi connectivity index (χ1n) is 8.36. The predicted octanol–water partition coefficient (Wildman–Crippen LogP) is 4.51. The van der Waals surface area contributed by atoms with Crippen molar-refractivity contribution < 1.29 is 14.0 Å². The molecule has 0 saturated heterocycles. The maximum absolute atomic E-state index is 13.2. The third-order valence-electron chi connectivity index (χ3n) is 4.57. The van der Waals surface area contributed by atoms with E-state index in [9.17, 15) is 14.0 Å².